The lowest BCUT2D eigenvalue weighted by molar-refractivity contribution is 0.0518. The van der Waals surface area contributed by atoms with Crippen LogP contribution < -0.4 is 5.43 Å². The maximum atomic E-state index is 12.1. The summed E-state index contributed by atoms with van der Waals surface area (Å²) in [5, 5.41) is 4.01. The van der Waals surface area contributed by atoms with Crippen molar-refractivity contribution < 1.29 is 14.3 Å². The second-order valence-corrected chi connectivity index (χ2v) is 5.12. The van der Waals surface area contributed by atoms with E-state index in [0.29, 0.717) is 36.8 Å². The van der Waals surface area contributed by atoms with Crippen molar-refractivity contribution in [3.8, 4) is 0 Å². The van der Waals surface area contributed by atoms with Crippen LogP contribution in [0.1, 0.15) is 29.9 Å². The average molecular weight is 443 g/mol. The van der Waals surface area contributed by atoms with Gasteiger partial charge in [-0.1, -0.05) is 0 Å². The van der Waals surface area contributed by atoms with Gasteiger partial charge in [-0.2, -0.15) is 5.10 Å². The van der Waals surface area contributed by atoms with E-state index in [-0.39, 0.29) is 0 Å². The second kappa shape index (κ2) is 9.33. The third-order valence-electron chi connectivity index (χ3n) is 2.99. The van der Waals surface area contributed by atoms with E-state index in [4.69, 9.17) is 9.47 Å². The molecule has 2 heterocycles. The predicted octanol–water partition coefficient (Wildman–Crippen LogP) is 2.87. The fourth-order valence-corrected chi connectivity index (χ4v) is 2.18. The third-order valence-corrected chi connectivity index (χ3v) is 3.31. The molecule has 2 rings (SSSR count). The quantitative estimate of drug-likeness (QED) is 0.223. The second-order valence-electron chi connectivity index (χ2n) is 4.56. The van der Waals surface area contributed by atoms with Gasteiger partial charge in [0, 0.05) is 12.8 Å². The Morgan fingerprint density at radius 3 is 3.00 bits per heavy atom. The maximum absolute atomic E-state index is 12.1. The largest absolute Gasteiger partial charge is 0.461 e. The standard InChI is InChI=1S/C15H18IN5O3/c1-3-23-8-11-5-12(20-19-10-17-9-16)14-18-6-13(21(14)7-11)15(22)24-4-2/h5-7,9-10,20H,3-4,8H2,1-2H3/b17-9-,19-10-. The highest BCUT2D eigenvalue weighted by Crippen LogP contribution is 2.21. The molecule has 9 heteroatoms. The minimum atomic E-state index is -0.428. The third kappa shape index (κ3) is 4.51. The molecule has 0 fully saturated rings. The molecule has 8 nitrogen and oxygen atoms in total. The Hall–Kier alpha value is -2.01. The van der Waals surface area contributed by atoms with Crippen LogP contribution in [0, 0.1) is 0 Å². The molecule has 24 heavy (non-hydrogen) atoms. The number of imidazole rings is 1. The number of esters is 1. The Labute approximate surface area is 153 Å². The van der Waals surface area contributed by atoms with Crippen LogP contribution in [0.15, 0.2) is 28.6 Å². The molecule has 0 aromatic carbocycles. The molecule has 2 aromatic heterocycles. The van der Waals surface area contributed by atoms with Crippen molar-refractivity contribution in [1.82, 2.24) is 9.38 Å². The zero-order valence-electron chi connectivity index (χ0n) is 13.4. The number of ether oxygens (including phenoxy) is 2. The summed E-state index contributed by atoms with van der Waals surface area (Å²) in [4.78, 5) is 20.2. The van der Waals surface area contributed by atoms with Crippen LogP contribution in [-0.4, -0.2) is 39.1 Å². The van der Waals surface area contributed by atoms with E-state index < -0.39 is 5.97 Å². The van der Waals surface area contributed by atoms with Gasteiger partial charge in [-0.05, 0) is 48.1 Å². The Balaban J connectivity index is 2.44. The lowest BCUT2D eigenvalue weighted by Gasteiger charge is -2.09. The summed E-state index contributed by atoms with van der Waals surface area (Å²) < 4.78 is 13.8. The highest BCUT2D eigenvalue weighted by molar-refractivity contribution is 14.1. The molecule has 0 spiro atoms. The first-order valence-electron chi connectivity index (χ1n) is 7.35. The summed E-state index contributed by atoms with van der Waals surface area (Å²) in [6, 6.07) is 1.87. The number of nitrogens with one attached hydrogen (secondary N) is 1. The molecule has 1 N–H and O–H groups in total. The molecule has 2 aromatic rings. The first-order valence-corrected chi connectivity index (χ1v) is 8.60. The fourth-order valence-electron chi connectivity index (χ4n) is 2.04. The van der Waals surface area contributed by atoms with Crippen LogP contribution in [0.3, 0.4) is 0 Å². The van der Waals surface area contributed by atoms with Gasteiger partial charge in [0.15, 0.2) is 11.3 Å². The van der Waals surface area contributed by atoms with Crippen LogP contribution in [-0.2, 0) is 16.1 Å². The van der Waals surface area contributed by atoms with Gasteiger partial charge >= 0.3 is 5.97 Å². The molecular formula is C15H18IN5O3. The number of pyridine rings is 1. The van der Waals surface area contributed by atoms with Crippen LogP contribution in [0.4, 0.5) is 5.69 Å². The molecule has 0 bridgehead atoms. The molecular weight excluding hydrogens is 425 g/mol. The lowest BCUT2D eigenvalue weighted by atomic mass is 10.2. The number of carbonyl (C=O) groups excluding carboxylic acids is 1. The molecule has 0 amide bonds. The van der Waals surface area contributed by atoms with Crippen molar-refractivity contribution in [3.63, 3.8) is 0 Å². The van der Waals surface area contributed by atoms with Gasteiger partial charge in [0.05, 0.1) is 29.3 Å². The summed E-state index contributed by atoms with van der Waals surface area (Å²) in [6.45, 7) is 4.99. The first-order chi connectivity index (χ1) is 11.7. The molecule has 0 unspecified atom stereocenters. The van der Waals surface area contributed by atoms with Gasteiger partial charge in [-0.15, -0.1) is 0 Å². The van der Waals surface area contributed by atoms with E-state index >= 15 is 0 Å². The van der Waals surface area contributed by atoms with Crippen molar-refractivity contribution in [2.75, 3.05) is 18.6 Å². The number of aliphatic imine (C=N–C) groups is 1. The minimum Gasteiger partial charge on any atom is -0.461 e. The molecule has 128 valence electrons. The number of aromatic nitrogens is 2. The number of hydrogen-bond acceptors (Lipinski definition) is 6. The first kappa shape index (κ1) is 18.3. The Morgan fingerprint density at radius 1 is 1.46 bits per heavy atom. The monoisotopic (exact) mass is 443 g/mol. The van der Waals surface area contributed by atoms with Crippen molar-refractivity contribution in [1.29, 1.82) is 0 Å². The highest BCUT2D eigenvalue weighted by Gasteiger charge is 2.16. The van der Waals surface area contributed by atoms with Crippen LogP contribution in [0.5, 0.6) is 0 Å². The number of carbonyl (C=O) groups is 1. The number of fused-ring (bicyclic) bond motifs is 1. The van der Waals surface area contributed by atoms with E-state index in [2.05, 4.69) is 20.5 Å². The van der Waals surface area contributed by atoms with Crippen LogP contribution in [0.25, 0.3) is 5.65 Å². The average Bonchev–Trinajstić information content (AvgIpc) is 3.01. The number of anilines is 1. The number of nitrogens with zero attached hydrogens (tertiary/aromatic N) is 4. The van der Waals surface area contributed by atoms with Crippen LogP contribution >= 0.6 is 22.6 Å². The Morgan fingerprint density at radius 2 is 2.29 bits per heavy atom. The van der Waals surface area contributed by atoms with Crippen molar-refractivity contribution >= 4 is 50.5 Å². The minimum absolute atomic E-state index is 0.300. The van der Waals surface area contributed by atoms with Gasteiger partial charge in [-0.3, -0.25) is 9.83 Å². The van der Waals surface area contributed by atoms with Crippen LogP contribution in [0.2, 0.25) is 0 Å². The lowest BCUT2D eigenvalue weighted by Crippen LogP contribution is -2.09. The topological polar surface area (TPSA) is 89.6 Å². The number of hydrogen-bond donors (Lipinski definition) is 1. The zero-order valence-corrected chi connectivity index (χ0v) is 15.6. The molecule has 0 saturated heterocycles. The number of halogens is 1. The predicted molar refractivity (Wildman–Crippen MR) is 101 cm³/mol. The van der Waals surface area contributed by atoms with E-state index in [1.165, 1.54) is 12.5 Å². The van der Waals surface area contributed by atoms with Gasteiger partial charge < -0.3 is 9.47 Å². The summed E-state index contributed by atoms with van der Waals surface area (Å²) in [5.41, 5.74) is 5.32. The Bertz CT molecular complexity index is 757. The smallest absolute Gasteiger partial charge is 0.356 e. The molecule has 0 radical (unpaired) electrons. The maximum Gasteiger partial charge on any atom is 0.356 e. The Kier molecular flexibility index (Phi) is 7.12. The van der Waals surface area contributed by atoms with Gasteiger partial charge in [0.1, 0.15) is 6.34 Å². The van der Waals surface area contributed by atoms with Crippen molar-refractivity contribution in [3.05, 3.63) is 29.7 Å². The highest BCUT2D eigenvalue weighted by atomic mass is 127. The molecule has 0 saturated carbocycles. The summed E-state index contributed by atoms with van der Waals surface area (Å²) >= 11 is 2.00. The fraction of sp³-hybridized carbons (Fsp3) is 0.333. The summed E-state index contributed by atoms with van der Waals surface area (Å²) in [7, 11) is 0. The molecule has 0 aliphatic rings. The summed E-state index contributed by atoms with van der Waals surface area (Å²) in [6.07, 6.45) is 4.67. The van der Waals surface area contributed by atoms with E-state index in [0.717, 1.165) is 5.56 Å². The zero-order chi connectivity index (χ0) is 17.4. The van der Waals surface area contributed by atoms with E-state index in [1.807, 2.05) is 41.8 Å². The van der Waals surface area contributed by atoms with Crippen molar-refractivity contribution in [2.24, 2.45) is 10.1 Å². The van der Waals surface area contributed by atoms with Gasteiger partial charge in [-0.25, -0.2) is 14.8 Å². The number of rotatable bonds is 8. The SMILES string of the molecule is CCOCc1cc(N/N=C\N=C/I)c2ncc(C(=O)OCC)n2c1. The summed E-state index contributed by atoms with van der Waals surface area (Å²) in [5.74, 6) is -0.428. The molecule has 0 aliphatic heterocycles. The van der Waals surface area contributed by atoms with Gasteiger partial charge in [0.25, 0.3) is 0 Å². The van der Waals surface area contributed by atoms with Crippen molar-refractivity contribution in [2.45, 2.75) is 20.5 Å². The van der Waals surface area contributed by atoms with Gasteiger partial charge in [0.2, 0.25) is 0 Å². The number of hydrazone groups is 1. The van der Waals surface area contributed by atoms with E-state index in [1.54, 1.807) is 15.5 Å². The molecule has 0 aliphatic carbocycles. The molecule has 0 atom stereocenters. The normalized spacial score (nSPS) is 11.6. The van der Waals surface area contributed by atoms with E-state index in [9.17, 15) is 4.79 Å².